The van der Waals surface area contributed by atoms with E-state index in [0.29, 0.717) is 4.88 Å². The van der Waals surface area contributed by atoms with Crippen LogP contribution in [0.3, 0.4) is 0 Å². The summed E-state index contributed by atoms with van der Waals surface area (Å²) in [5.41, 5.74) is 0.819. The molecule has 11 heavy (non-hydrogen) atoms. The molecule has 1 rings (SSSR count). The molecule has 1 aromatic rings. The standard InChI is InChI=1S/C7H9NO2S/c1-4-3-6(11-8-4)7(10)5(2)9/h3,5,9H,1-2H3. The number of aliphatic hydroxyl groups is 1. The van der Waals surface area contributed by atoms with E-state index in [1.807, 2.05) is 6.92 Å². The first kappa shape index (κ1) is 8.36. The summed E-state index contributed by atoms with van der Waals surface area (Å²) >= 11 is 1.13. The summed E-state index contributed by atoms with van der Waals surface area (Å²) in [5, 5.41) is 8.91. The normalized spacial score (nSPS) is 13.0. The zero-order chi connectivity index (χ0) is 8.43. The van der Waals surface area contributed by atoms with Crippen molar-refractivity contribution in [1.29, 1.82) is 0 Å². The molecule has 0 aromatic carbocycles. The molecular weight excluding hydrogens is 162 g/mol. The molecular formula is C7H9NO2S. The number of hydrogen-bond donors (Lipinski definition) is 1. The summed E-state index contributed by atoms with van der Waals surface area (Å²) < 4.78 is 3.93. The molecule has 0 amide bonds. The van der Waals surface area contributed by atoms with Gasteiger partial charge in [0.05, 0.1) is 10.6 Å². The van der Waals surface area contributed by atoms with Crippen molar-refractivity contribution in [3.05, 3.63) is 16.6 Å². The van der Waals surface area contributed by atoms with E-state index >= 15 is 0 Å². The van der Waals surface area contributed by atoms with Crippen molar-refractivity contribution >= 4 is 17.3 Å². The summed E-state index contributed by atoms with van der Waals surface area (Å²) in [5.74, 6) is -0.254. The lowest BCUT2D eigenvalue weighted by molar-refractivity contribution is 0.0784. The van der Waals surface area contributed by atoms with Gasteiger partial charge in [0.15, 0.2) is 0 Å². The highest BCUT2D eigenvalue weighted by molar-refractivity contribution is 7.08. The number of hydrogen-bond acceptors (Lipinski definition) is 4. The van der Waals surface area contributed by atoms with Crippen LogP contribution in [-0.4, -0.2) is 21.4 Å². The fourth-order valence-corrected chi connectivity index (χ4v) is 1.46. The van der Waals surface area contributed by atoms with Gasteiger partial charge < -0.3 is 5.11 Å². The van der Waals surface area contributed by atoms with E-state index in [4.69, 9.17) is 5.11 Å². The fraction of sp³-hybridized carbons (Fsp3) is 0.429. The molecule has 0 radical (unpaired) electrons. The third-order valence-corrected chi connectivity index (χ3v) is 2.15. The fourth-order valence-electron chi connectivity index (χ4n) is 0.686. The lowest BCUT2D eigenvalue weighted by Crippen LogP contribution is -2.14. The van der Waals surface area contributed by atoms with E-state index in [1.165, 1.54) is 6.92 Å². The molecule has 4 heteroatoms. The average molecular weight is 171 g/mol. The van der Waals surface area contributed by atoms with E-state index in [1.54, 1.807) is 6.07 Å². The molecule has 1 atom stereocenters. The molecule has 0 bridgehead atoms. The van der Waals surface area contributed by atoms with Crippen LogP contribution in [0.5, 0.6) is 0 Å². The minimum absolute atomic E-state index is 0.254. The minimum Gasteiger partial charge on any atom is -0.385 e. The highest BCUT2D eigenvalue weighted by atomic mass is 32.1. The van der Waals surface area contributed by atoms with Crippen LogP contribution in [0.1, 0.15) is 22.3 Å². The second-order valence-corrected chi connectivity index (χ2v) is 3.18. The number of Topliss-reactive ketones (excluding diaryl/α,β-unsaturated/α-hetero) is 1. The summed E-state index contributed by atoms with van der Waals surface area (Å²) in [4.78, 5) is 11.6. The predicted octanol–water partition coefficient (Wildman–Crippen LogP) is 1.02. The van der Waals surface area contributed by atoms with Gasteiger partial charge in [-0.05, 0) is 31.4 Å². The van der Waals surface area contributed by atoms with E-state index in [-0.39, 0.29) is 5.78 Å². The lowest BCUT2D eigenvalue weighted by atomic mass is 10.2. The molecule has 0 aliphatic heterocycles. The van der Waals surface area contributed by atoms with Crippen LogP contribution in [0, 0.1) is 6.92 Å². The maximum absolute atomic E-state index is 11.1. The molecule has 1 aromatic heterocycles. The van der Waals surface area contributed by atoms with Gasteiger partial charge in [0, 0.05) is 0 Å². The van der Waals surface area contributed by atoms with Crippen molar-refractivity contribution in [3.63, 3.8) is 0 Å². The zero-order valence-corrected chi connectivity index (χ0v) is 7.18. The topological polar surface area (TPSA) is 50.2 Å². The molecule has 0 spiro atoms. The third-order valence-electron chi connectivity index (χ3n) is 1.25. The van der Waals surface area contributed by atoms with Gasteiger partial charge in [0.1, 0.15) is 6.10 Å². The Bertz CT molecular complexity index is 267. The van der Waals surface area contributed by atoms with E-state index in [0.717, 1.165) is 17.2 Å². The Morgan fingerprint density at radius 3 is 2.82 bits per heavy atom. The quantitative estimate of drug-likeness (QED) is 0.676. The van der Waals surface area contributed by atoms with Crippen molar-refractivity contribution in [2.75, 3.05) is 0 Å². The second-order valence-electron chi connectivity index (χ2n) is 2.37. The maximum Gasteiger partial charge on any atom is 0.202 e. The Morgan fingerprint density at radius 2 is 2.45 bits per heavy atom. The third kappa shape index (κ3) is 1.85. The first-order valence-corrected chi connectivity index (χ1v) is 4.04. The summed E-state index contributed by atoms with van der Waals surface area (Å²) in [6.45, 7) is 3.27. The van der Waals surface area contributed by atoms with Crippen molar-refractivity contribution < 1.29 is 9.90 Å². The Morgan fingerprint density at radius 1 is 1.82 bits per heavy atom. The van der Waals surface area contributed by atoms with E-state index < -0.39 is 6.10 Å². The van der Waals surface area contributed by atoms with Crippen LogP contribution in [0.15, 0.2) is 6.07 Å². The van der Waals surface area contributed by atoms with Gasteiger partial charge in [0.2, 0.25) is 5.78 Å². The number of aromatic nitrogens is 1. The van der Waals surface area contributed by atoms with Crippen molar-refractivity contribution in [2.45, 2.75) is 20.0 Å². The monoisotopic (exact) mass is 171 g/mol. The van der Waals surface area contributed by atoms with Gasteiger partial charge in [0.25, 0.3) is 0 Å². The van der Waals surface area contributed by atoms with Gasteiger partial charge >= 0.3 is 0 Å². The molecule has 60 valence electrons. The van der Waals surface area contributed by atoms with Gasteiger partial charge in [-0.15, -0.1) is 0 Å². The van der Waals surface area contributed by atoms with Gasteiger partial charge in [-0.3, -0.25) is 4.79 Å². The minimum atomic E-state index is -0.921. The number of nitrogens with zero attached hydrogens (tertiary/aromatic N) is 1. The molecule has 0 aliphatic carbocycles. The number of carbonyl (C=O) groups is 1. The maximum atomic E-state index is 11.1. The number of aryl methyl sites for hydroxylation is 1. The van der Waals surface area contributed by atoms with Gasteiger partial charge in [-0.2, -0.15) is 4.37 Å². The van der Waals surface area contributed by atoms with Gasteiger partial charge in [-0.1, -0.05) is 0 Å². The zero-order valence-electron chi connectivity index (χ0n) is 6.37. The smallest absolute Gasteiger partial charge is 0.202 e. The van der Waals surface area contributed by atoms with E-state index in [2.05, 4.69) is 4.37 Å². The van der Waals surface area contributed by atoms with Crippen molar-refractivity contribution in [2.24, 2.45) is 0 Å². The van der Waals surface area contributed by atoms with Gasteiger partial charge in [-0.25, -0.2) is 0 Å². The molecule has 1 heterocycles. The Balaban J connectivity index is 2.85. The Hall–Kier alpha value is -0.740. The first-order chi connectivity index (χ1) is 5.11. The largest absolute Gasteiger partial charge is 0.385 e. The molecule has 0 fully saturated rings. The second kappa shape index (κ2) is 3.11. The average Bonchev–Trinajstić information content (AvgIpc) is 2.34. The SMILES string of the molecule is Cc1cc(C(=O)C(C)O)sn1. The molecule has 0 saturated carbocycles. The van der Waals surface area contributed by atoms with Crippen molar-refractivity contribution in [3.8, 4) is 0 Å². The highest BCUT2D eigenvalue weighted by Crippen LogP contribution is 2.11. The van der Waals surface area contributed by atoms with Crippen LogP contribution in [0.4, 0.5) is 0 Å². The van der Waals surface area contributed by atoms with Crippen LogP contribution < -0.4 is 0 Å². The first-order valence-electron chi connectivity index (χ1n) is 3.27. The van der Waals surface area contributed by atoms with Crippen LogP contribution in [0.2, 0.25) is 0 Å². The summed E-state index contributed by atoms with van der Waals surface area (Å²) in [6, 6.07) is 1.68. The lowest BCUT2D eigenvalue weighted by Gasteiger charge is -1.96. The molecule has 3 nitrogen and oxygen atoms in total. The predicted molar refractivity (Wildman–Crippen MR) is 42.9 cm³/mol. The molecule has 1 unspecified atom stereocenters. The summed E-state index contributed by atoms with van der Waals surface area (Å²) in [6.07, 6.45) is -0.921. The number of rotatable bonds is 2. The Kier molecular flexibility index (Phi) is 2.36. The Labute approximate surface area is 68.8 Å². The number of aliphatic hydroxyl groups excluding tert-OH is 1. The molecule has 0 saturated heterocycles. The van der Waals surface area contributed by atoms with Crippen molar-refractivity contribution in [1.82, 2.24) is 4.37 Å². The highest BCUT2D eigenvalue weighted by Gasteiger charge is 2.13. The molecule has 0 aliphatic rings. The summed E-state index contributed by atoms with van der Waals surface area (Å²) in [7, 11) is 0. The van der Waals surface area contributed by atoms with Crippen LogP contribution in [-0.2, 0) is 0 Å². The van der Waals surface area contributed by atoms with Crippen LogP contribution in [0.25, 0.3) is 0 Å². The van der Waals surface area contributed by atoms with Crippen LogP contribution >= 0.6 is 11.5 Å². The molecule has 1 N–H and O–H groups in total. The van der Waals surface area contributed by atoms with E-state index in [9.17, 15) is 4.79 Å². The number of ketones is 1. The number of carbonyl (C=O) groups excluding carboxylic acids is 1.